The number of H-pyrrole nitrogens is 1. The van der Waals surface area contributed by atoms with Crippen LogP contribution in [-0.4, -0.2) is 29.4 Å². The first-order valence-electron chi connectivity index (χ1n) is 6.26. The number of nitrogens with zero attached hydrogens (tertiary/aromatic N) is 1. The van der Waals surface area contributed by atoms with Gasteiger partial charge in [0.05, 0.1) is 12.4 Å². The average Bonchev–Trinajstić information content (AvgIpc) is 2.83. The van der Waals surface area contributed by atoms with Gasteiger partial charge in [-0.15, -0.1) is 0 Å². The van der Waals surface area contributed by atoms with Crippen LogP contribution in [0.4, 0.5) is 0 Å². The van der Waals surface area contributed by atoms with Crippen molar-refractivity contribution < 1.29 is 9.15 Å². The zero-order valence-electron chi connectivity index (χ0n) is 11.0. The highest BCUT2D eigenvalue weighted by molar-refractivity contribution is 7.98. The number of ether oxygens (including phenoxy) is 1. The van der Waals surface area contributed by atoms with Crippen molar-refractivity contribution >= 4 is 33.8 Å². The molecule has 0 atom stereocenters. The topological polar surface area (TPSA) is 68.1 Å². The van der Waals surface area contributed by atoms with Gasteiger partial charge in [-0.3, -0.25) is 4.79 Å². The summed E-state index contributed by atoms with van der Waals surface area (Å²) in [5.41, 5.74) is 1.38. The number of nitrogens with one attached hydrogen (secondary N) is 1. The summed E-state index contributed by atoms with van der Waals surface area (Å²) in [5.74, 6) is 2.17. The Labute approximate surface area is 119 Å². The molecule has 0 aliphatic rings. The van der Waals surface area contributed by atoms with Crippen molar-refractivity contribution in [3.63, 3.8) is 0 Å². The summed E-state index contributed by atoms with van der Waals surface area (Å²) >= 11 is 1.67. The van der Waals surface area contributed by atoms with Crippen LogP contribution >= 0.6 is 11.8 Å². The summed E-state index contributed by atoms with van der Waals surface area (Å²) in [6, 6.07) is 7.53. The SMILES string of the molecule is COCCSCc1nc2c(oc3ccccc32)c(=O)[nH]1. The fourth-order valence-electron chi connectivity index (χ4n) is 2.03. The minimum absolute atomic E-state index is 0.228. The Balaban J connectivity index is 1.99. The van der Waals surface area contributed by atoms with Gasteiger partial charge in [0.15, 0.2) is 0 Å². The molecule has 0 saturated heterocycles. The molecular formula is C14H14N2O3S. The third kappa shape index (κ3) is 2.44. The zero-order chi connectivity index (χ0) is 13.9. The normalized spacial score (nSPS) is 11.4. The first kappa shape index (κ1) is 13.2. The van der Waals surface area contributed by atoms with Gasteiger partial charge in [-0.25, -0.2) is 4.98 Å². The molecule has 0 bridgehead atoms. The zero-order valence-corrected chi connectivity index (χ0v) is 11.8. The number of aromatic nitrogens is 2. The van der Waals surface area contributed by atoms with Crippen molar-refractivity contribution in [3.8, 4) is 0 Å². The van der Waals surface area contributed by atoms with Crippen LogP contribution in [-0.2, 0) is 10.5 Å². The van der Waals surface area contributed by atoms with Gasteiger partial charge >= 0.3 is 0 Å². The fraction of sp³-hybridized carbons (Fsp3) is 0.286. The quantitative estimate of drug-likeness (QED) is 0.731. The summed E-state index contributed by atoms with van der Waals surface area (Å²) in [4.78, 5) is 19.3. The van der Waals surface area contributed by atoms with E-state index in [1.54, 1.807) is 18.9 Å². The van der Waals surface area contributed by atoms with E-state index in [9.17, 15) is 4.79 Å². The molecule has 2 aromatic heterocycles. The third-order valence-electron chi connectivity index (χ3n) is 2.95. The number of para-hydroxylation sites is 1. The van der Waals surface area contributed by atoms with Crippen molar-refractivity contribution in [2.24, 2.45) is 0 Å². The van der Waals surface area contributed by atoms with Gasteiger partial charge in [-0.05, 0) is 12.1 Å². The lowest BCUT2D eigenvalue weighted by atomic mass is 10.2. The van der Waals surface area contributed by atoms with Crippen molar-refractivity contribution in [3.05, 3.63) is 40.4 Å². The van der Waals surface area contributed by atoms with Gasteiger partial charge in [0, 0.05) is 18.2 Å². The number of furan rings is 1. The van der Waals surface area contributed by atoms with Gasteiger partial charge in [0.2, 0.25) is 5.58 Å². The van der Waals surface area contributed by atoms with E-state index in [0.29, 0.717) is 29.3 Å². The number of benzene rings is 1. The summed E-state index contributed by atoms with van der Waals surface area (Å²) in [6.45, 7) is 0.686. The monoisotopic (exact) mass is 290 g/mol. The minimum Gasteiger partial charge on any atom is -0.449 e. The van der Waals surface area contributed by atoms with Crippen LogP contribution in [0.2, 0.25) is 0 Å². The molecule has 3 rings (SSSR count). The molecule has 1 aromatic carbocycles. The van der Waals surface area contributed by atoms with E-state index >= 15 is 0 Å². The number of hydrogen-bond donors (Lipinski definition) is 1. The number of methoxy groups -OCH3 is 1. The second kappa shape index (κ2) is 5.68. The molecule has 104 valence electrons. The van der Waals surface area contributed by atoms with Gasteiger partial charge in [-0.2, -0.15) is 11.8 Å². The summed E-state index contributed by atoms with van der Waals surface area (Å²) in [6.07, 6.45) is 0. The Morgan fingerprint density at radius 1 is 1.40 bits per heavy atom. The maximum atomic E-state index is 12.0. The number of fused-ring (bicyclic) bond motifs is 3. The van der Waals surface area contributed by atoms with E-state index in [2.05, 4.69) is 9.97 Å². The summed E-state index contributed by atoms with van der Waals surface area (Å²) in [5, 5.41) is 0.872. The second-order valence-electron chi connectivity index (χ2n) is 4.33. The molecule has 0 spiro atoms. The van der Waals surface area contributed by atoms with Gasteiger partial charge < -0.3 is 14.1 Å². The standard InChI is InChI=1S/C14H14N2O3S/c1-18-6-7-20-8-11-15-12-9-4-2-3-5-10(9)19-13(12)14(17)16-11/h2-5H,6-8H2,1H3,(H,15,16,17). The van der Waals surface area contributed by atoms with Gasteiger partial charge in [0.1, 0.15) is 16.9 Å². The third-order valence-corrected chi connectivity index (χ3v) is 3.88. The predicted octanol–water partition coefficient (Wildman–Crippen LogP) is 2.55. The van der Waals surface area contributed by atoms with Crippen LogP contribution in [0, 0.1) is 0 Å². The maximum absolute atomic E-state index is 12.0. The molecule has 2 heterocycles. The molecule has 1 N–H and O–H groups in total. The number of thioether (sulfide) groups is 1. The average molecular weight is 290 g/mol. The molecule has 0 aliphatic heterocycles. The molecule has 0 aliphatic carbocycles. The van der Waals surface area contributed by atoms with Crippen LogP contribution in [0.3, 0.4) is 0 Å². The van der Waals surface area contributed by atoms with Crippen LogP contribution < -0.4 is 5.56 Å². The van der Waals surface area contributed by atoms with Crippen LogP contribution in [0.25, 0.3) is 22.1 Å². The highest BCUT2D eigenvalue weighted by Crippen LogP contribution is 2.24. The predicted molar refractivity (Wildman–Crippen MR) is 80.2 cm³/mol. The van der Waals surface area contributed by atoms with Crippen LogP contribution in [0.1, 0.15) is 5.82 Å². The van der Waals surface area contributed by atoms with E-state index < -0.39 is 0 Å². The van der Waals surface area contributed by atoms with E-state index in [4.69, 9.17) is 9.15 Å². The van der Waals surface area contributed by atoms with Gasteiger partial charge in [-0.1, -0.05) is 12.1 Å². The molecule has 5 nitrogen and oxygen atoms in total. The van der Waals surface area contributed by atoms with Crippen molar-refractivity contribution in [1.82, 2.24) is 9.97 Å². The van der Waals surface area contributed by atoms with E-state index in [0.717, 1.165) is 11.1 Å². The minimum atomic E-state index is -0.228. The fourth-order valence-corrected chi connectivity index (χ4v) is 2.79. The first-order valence-corrected chi connectivity index (χ1v) is 7.42. The molecule has 20 heavy (non-hydrogen) atoms. The second-order valence-corrected chi connectivity index (χ2v) is 5.44. The molecule has 6 heteroatoms. The van der Waals surface area contributed by atoms with E-state index in [1.807, 2.05) is 24.3 Å². The molecule has 0 amide bonds. The molecular weight excluding hydrogens is 276 g/mol. The molecule has 0 unspecified atom stereocenters. The Kier molecular flexibility index (Phi) is 3.75. The maximum Gasteiger partial charge on any atom is 0.294 e. The molecule has 0 saturated carbocycles. The Morgan fingerprint density at radius 3 is 3.10 bits per heavy atom. The molecule has 3 aromatic rings. The Bertz CT molecular complexity index is 794. The summed E-state index contributed by atoms with van der Waals surface area (Å²) in [7, 11) is 1.67. The highest BCUT2D eigenvalue weighted by Gasteiger charge is 2.12. The highest BCUT2D eigenvalue weighted by atomic mass is 32.2. The van der Waals surface area contributed by atoms with Crippen LogP contribution in [0.5, 0.6) is 0 Å². The van der Waals surface area contributed by atoms with Crippen molar-refractivity contribution in [2.75, 3.05) is 19.5 Å². The lowest BCUT2D eigenvalue weighted by Gasteiger charge is -2.00. The lowest BCUT2D eigenvalue weighted by molar-refractivity contribution is 0.218. The Hall–Kier alpha value is -1.79. The van der Waals surface area contributed by atoms with Gasteiger partial charge in [0.25, 0.3) is 5.56 Å². The molecule has 0 fully saturated rings. The Morgan fingerprint density at radius 2 is 2.25 bits per heavy atom. The van der Waals surface area contributed by atoms with E-state index in [1.165, 1.54) is 0 Å². The largest absolute Gasteiger partial charge is 0.449 e. The summed E-state index contributed by atoms with van der Waals surface area (Å²) < 4.78 is 10.5. The van der Waals surface area contributed by atoms with E-state index in [-0.39, 0.29) is 11.1 Å². The van der Waals surface area contributed by atoms with Crippen LogP contribution in [0.15, 0.2) is 33.5 Å². The van der Waals surface area contributed by atoms with Crippen molar-refractivity contribution in [2.45, 2.75) is 5.75 Å². The lowest BCUT2D eigenvalue weighted by Crippen LogP contribution is -2.10. The number of hydrogen-bond acceptors (Lipinski definition) is 5. The smallest absolute Gasteiger partial charge is 0.294 e. The molecule has 0 radical (unpaired) electrons. The first-order chi connectivity index (χ1) is 9.79. The number of rotatable bonds is 5. The number of aromatic amines is 1. The van der Waals surface area contributed by atoms with Crippen molar-refractivity contribution in [1.29, 1.82) is 0 Å².